The van der Waals surface area contributed by atoms with Gasteiger partial charge < -0.3 is 5.11 Å². The lowest BCUT2D eigenvalue weighted by Crippen LogP contribution is -1.93. The van der Waals surface area contributed by atoms with Crippen LogP contribution in [0, 0.1) is 0 Å². The van der Waals surface area contributed by atoms with Gasteiger partial charge in [-0.3, -0.25) is 4.79 Å². The number of rotatable bonds is 21. The second-order valence-corrected chi connectivity index (χ2v) is 7.85. The molecule has 0 bridgehead atoms. The molecule has 1 N–H and O–H groups in total. The standard InChI is InChI=1S/C24H46O2/c1-2-3-4-5-6-7-8-9-10-11-12-13-14-15-16-17-18-19-20-21-22-23-24(25)26/h11-12H,2-10,13-23H2,1H3,(H,25,26)/b12-11-. The number of carbonyl (C=O) groups is 1. The summed E-state index contributed by atoms with van der Waals surface area (Å²) in [4.78, 5) is 10.4. The minimum absolute atomic E-state index is 0.340. The maximum atomic E-state index is 10.4. The number of allylic oxidation sites excluding steroid dienone is 2. The lowest BCUT2D eigenvalue weighted by atomic mass is 10.1. The van der Waals surface area contributed by atoms with Crippen LogP contribution >= 0.6 is 0 Å². The molecule has 26 heavy (non-hydrogen) atoms. The summed E-state index contributed by atoms with van der Waals surface area (Å²) in [7, 11) is 0. The maximum absolute atomic E-state index is 10.4. The molecule has 0 rings (SSSR count). The normalized spacial score (nSPS) is 11.4. The van der Waals surface area contributed by atoms with Crippen LogP contribution in [0.5, 0.6) is 0 Å². The van der Waals surface area contributed by atoms with Crippen molar-refractivity contribution in [2.75, 3.05) is 0 Å². The molecule has 2 heteroatoms. The average molecular weight is 367 g/mol. The molecule has 0 aromatic heterocycles. The van der Waals surface area contributed by atoms with Crippen molar-refractivity contribution < 1.29 is 9.90 Å². The molecule has 0 aromatic rings. The molecule has 0 radical (unpaired) electrons. The first-order chi connectivity index (χ1) is 12.8. The zero-order chi connectivity index (χ0) is 19.1. The molecular formula is C24H46O2. The van der Waals surface area contributed by atoms with E-state index in [0.717, 1.165) is 12.8 Å². The second-order valence-electron chi connectivity index (χ2n) is 7.85. The predicted octanol–water partition coefficient (Wildman–Crippen LogP) is 8.45. The topological polar surface area (TPSA) is 37.3 Å². The van der Waals surface area contributed by atoms with Gasteiger partial charge in [0.2, 0.25) is 0 Å². The predicted molar refractivity (Wildman–Crippen MR) is 115 cm³/mol. The number of hydrogen-bond acceptors (Lipinski definition) is 1. The van der Waals surface area contributed by atoms with Gasteiger partial charge in [0.25, 0.3) is 0 Å². The molecule has 0 atom stereocenters. The minimum atomic E-state index is -0.656. The number of aliphatic carboxylic acids is 1. The number of carboxylic acids is 1. The molecular weight excluding hydrogens is 320 g/mol. The second kappa shape index (κ2) is 22.3. The monoisotopic (exact) mass is 366 g/mol. The highest BCUT2D eigenvalue weighted by Gasteiger charge is 1.96. The van der Waals surface area contributed by atoms with E-state index >= 15 is 0 Å². The van der Waals surface area contributed by atoms with Crippen molar-refractivity contribution in [3.63, 3.8) is 0 Å². The lowest BCUT2D eigenvalue weighted by molar-refractivity contribution is -0.137. The van der Waals surface area contributed by atoms with E-state index in [-0.39, 0.29) is 0 Å². The van der Waals surface area contributed by atoms with Crippen molar-refractivity contribution in [2.45, 2.75) is 135 Å². The highest BCUT2D eigenvalue weighted by Crippen LogP contribution is 2.12. The Labute approximate surface area is 163 Å². The summed E-state index contributed by atoms with van der Waals surface area (Å²) in [5, 5.41) is 8.57. The number of unbranched alkanes of at least 4 members (excludes halogenated alkanes) is 17. The quantitative estimate of drug-likeness (QED) is 0.163. The van der Waals surface area contributed by atoms with Crippen molar-refractivity contribution in [3.8, 4) is 0 Å². The summed E-state index contributed by atoms with van der Waals surface area (Å²) in [6.07, 6.45) is 30.1. The molecule has 154 valence electrons. The first kappa shape index (κ1) is 25.2. The smallest absolute Gasteiger partial charge is 0.303 e. The van der Waals surface area contributed by atoms with Gasteiger partial charge in [-0.1, -0.05) is 109 Å². The van der Waals surface area contributed by atoms with Gasteiger partial charge in [-0.15, -0.1) is 0 Å². The van der Waals surface area contributed by atoms with Gasteiger partial charge in [0, 0.05) is 6.42 Å². The molecule has 2 nitrogen and oxygen atoms in total. The molecule has 0 aliphatic heterocycles. The summed E-state index contributed by atoms with van der Waals surface area (Å²) >= 11 is 0. The summed E-state index contributed by atoms with van der Waals surface area (Å²) in [6.45, 7) is 2.28. The Bertz CT molecular complexity index is 309. The third-order valence-corrected chi connectivity index (χ3v) is 5.15. The van der Waals surface area contributed by atoms with E-state index < -0.39 is 5.97 Å². The van der Waals surface area contributed by atoms with Crippen molar-refractivity contribution in [1.29, 1.82) is 0 Å². The fourth-order valence-electron chi connectivity index (χ4n) is 3.41. The summed E-state index contributed by atoms with van der Waals surface area (Å²) in [6, 6.07) is 0. The van der Waals surface area contributed by atoms with Gasteiger partial charge in [0.1, 0.15) is 0 Å². The fraction of sp³-hybridized carbons (Fsp3) is 0.875. The molecule has 0 amide bonds. The molecule has 0 aliphatic carbocycles. The van der Waals surface area contributed by atoms with Gasteiger partial charge in [0.15, 0.2) is 0 Å². The molecule has 0 spiro atoms. The summed E-state index contributed by atoms with van der Waals surface area (Å²) < 4.78 is 0. The van der Waals surface area contributed by atoms with Crippen LogP contribution in [0.4, 0.5) is 0 Å². The van der Waals surface area contributed by atoms with Gasteiger partial charge in [-0.2, -0.15) is 0 Å². The molecule has 0 heterocycles. The van der Waals surface area contributed by atoms with E-state index in [2.05, 4.69) is 19.1 Å². The van der Waals surface area contributed by atoms with Crippen LogP contribution in [0.15, 0.2) is 12.2 Å². The molecule has 0 saturated carbocycles. The van der Waals surface area contributed by atoms with Crippen LogP contribution in [-0.4, -0.2) is 11.1 Å². The number of hydrogen-bond donors (Lipinski definition) is 1. The van der Waals surface area contributed by atoms with E-state index in [9.17, 15) is 4.79 Å². The van der Waals surface area contributed by atoms with Crippen molar-refractivity contribution in [3.05, 3.63) is 12.2 Å². The summed E-state index contributed by atoms with van der Waals surface area (Å²) in [5.74, 6) is -0.656. The van der Waals surface area contributed by atoms with Crippen LogP contribution < -0.4 is 0 Å². The Kier molecular flexibility index (Phi) is 21.6. The Balaban J connectivity index is 3.07. The largest absolute Gasteiger partial charge is 0.481 e. The van der Waals surface area contributed by atoms with Crippen molar-refractivity contribution in [2.24, 2.45) is 0 Å². The van der Waals surface area contributed by atoms with Gasteiger partial charge >= 0.3 is 5.97 Å². The van der Waals surface area contributed by atoms with E-state index in [0.29, 0.717) is 6.42 Å². The van der Waals surface area contributed by atoms with E-state index in [1.807, 2.05) is 0 Å². The Morgan fingerprint density at radius 3 is 1.31 bits per heavy atom. The van der Waals surface area contributed by atoms with Gasteiger partial charge in [-0.25, -0.2) is 0 Å². The molecule has 0 fully saturated rings. The Morgan fingerprint density at radius 1 is 0.577 bits per heavy atom. The number of carboxylic acid groups (broad SMARTS) is 1. The van der Waals surface area contributed by atoms with Crippen LogP contribution in [-0.2, 0) is 4.79 Å². The zero-order valence-corrected chi connectivity index (χ0v) is 17.7. The molecule has 0 unspecified atom stereocenters. The fourth-order valence-corrected chi connectivity index (χ4v) is 3.41. The van der Waals surface area contributed by atoms with Crippen LogP contribution in [0.3, 0.4) is 0 Å². The molecule has 0 saturated heterocycles. The van der Waals surface area contributed by atoms with E-state index in [1.54, 1.807) is 0 Å². The SMILES string of the molecule is CCCCCCCCCC/C=C\CCCCCCCCCCCC(=O)O. The third-order valence-electron chi connectivity index (χ3n) is 5.15. The third kappa shape index (κ3) is 23.2. The van der Waals surface area contributed by atoms with Gasteiger partial charge in [-0.05, 0) is 32.1 Å². The maximum Gasteiger partial charge on any atom is 0.303 e. The Hall–Kier alpha value is -0.790. The average Bonchev–Trinajstić information content (AvgIpc) is 2.62. The highest BCUT2D eigenvalue weighted by molar-refractivity contribution is 5.66. The Morgan fingerprint density at radius 2 is 0.923 bits per heavy atom. The van der Waals surface area contributed by atoms with Crippen LogP contribution in [0.25, 0.3) is 0 Å². The minimum Gasteiger partial charge on any atom is -0.481 e. The first-order valence-electron chi connectivity index (χ1n) is 11.6. The molecule has 0 aromatic carbocycles. The molecule has 0 aliphatic rings. The van der Waals surface area contributed by atoms with Crippen molar-refractivity contribution >= 4 is 5.97 Å². The van der Waals surface area contributed by atoms with E-state index in [1.165, 1.54) is 109 Å². The first-order valence-corrected chi connectivity index (χ1v) is 11.6. The highest BCUT2D eigenvalue weighted by atomic mass is 16.4. The van der Waals surface area contributed by atoms with Gasteiger partial charge in [0.05, 0.1) is 0 Å². The van der Waals surface area contributed by atoms with Crippen molar-refractivity contribution in [1.82, 2.24) is 0 Å². The van der Waals surface area contributed by atoms with Crippen LogP contribution in [0.2, 0.25) is 0 Å². The van der Waals surface area contributed by atoms with Crippen LogP contribution in [0.1, 0.15) is 135 Å². The van der Waals surface area contributed by atoms with E-state index in [4.69, 9.17) is 5.11 Å². The summed E-state index contributed by atoms with van der Waals surface area (Å²) in [5.41, 5.74) is 0. The lowest BCUT2D eigenvalue weighted by Gasteiger charge is -2.01. The zero-order valence-electron chi connectivity index (χ0n) is 17.7.